The number of rotatable bonds is 7. The van der Waals surface area contributed by atoms with Crippen LogP contribution in [0.5, 0.6) is 5.75 Å². The number of Topliss-reactive ketones (excluding diaryl/α,β-unsaturated/α-hetero) is 1. The van der Waals surface area contributed by atoms with Crippen molar-refractivity contribution in [3.05, 3.63) is 59.7 Å². The van der Waals surface area contributed by atoms with Crippen molar-refractivity contribution >= 4 is 17.5 Å². The number of carbonyl (C=O) groups is 1. The number of benzene rings is 2. The number of nitrogens with zero attached hydrogens (tertiary/aromatic N) is 4. The summed E-state index contributed by atoms with van der Waals surface area (Å²) in [6, 6.07) is 9.95. The zero-order valence-corrected chi connectivity index (χ0v) is 14.5. The molecule has 0 fully saturated rings. The summed E-state index contributed by atoms with van der Waals surface area (Å²) in [6.07, 6.45) is 0. The van der Waals surface area contributed by atoms with Gasteiger partial charge in [-0.2, -0.15) is 4.68 Å². The lowest BCUT2D eigenvalue weighted by Crippen LogP contribution is -2.08. The molecule has 6 nitrogen and oxygen atoms in total. The third kappa shape index (κ3) is 3.88. The molecule has 0 spiro atoms. The maximum Gasteiger partial charge on any atom is 0.214 e. The Morgan fingerprint density at radius 2 is 2.04 bits per heavy atom. The molecule has 3 rings (SSSR count). The summed E-state index contributed by atoms with van der Waals surface area (Å²) in [5, 5.41) is 11.8. The fourth-order valence-electron chi connectivity index (χ4n) is 2.25. The highest BCUT2D eigenvalue weighted by molar-refractivity contribution is 7.99. The molecular weight excluding hydrogens is 362 g/mol. The Morgan fingerprint density at radius 3 is 2.85 bits per heavy atom. The summed E-state index contributed by atoms with van der Waals surface area (Å²) in [7, 11) is 0. The van der Waals surface area contributed by atoms with Crippen molar-refractivity contribution in [2.24, 2.45) is 0 Å². The first-order chi connectivity index (χ1) is 12.6. The highest BCUT2D eigenvalue weighted by atomic mass is 32.2. The van der Waals surface area contributed by atoms with Crippen LogP contribution >= 0.6 is 11.8 Å². The van der Waals surface area contributed by atoms with E-state index in [-0.39, 0.29) is 11.3 Å². The van der Waals surface area contributed by atoms with E-state index >= 15 is 0 Å². The van der Waals surface area contributed by atoms with Gasteiger partial charge in [-0.15, -0.1) is 5.10 Å². The second-order valence-electron chi connectivity index (χ2n) is 5.11. The summed E-state index contributed by atoms with van der Waals surface area (Å²) in [6.45, 7) is 2.33. The molecule has 0 atom stereocenters. The zero-order valence-electron chi connectivity index (χ0n) is 13.7. The second kappa shape index (κ2) is 8.05. The van der Waals surface area contributed by atoms with Gasteiger partial charge >= 0.3 is 0 Å². The minimum atomic E-state index is -0.765. The van der Waals surface area contributed by atoms with E-state index in [9.17, 15) is 13.6 Å². The van der Waals surface area contributed by atoms with Crippen LogP contribution in [0, 0.1) is 11.6 Å². The Morgan fingerprint density at radius 1 is 1.23 bits per heavy atom. The molecule has 2 aromatic carbocycles. The highest BCUT2D eigenvalue weighted by Crippen LogP contribution is 2.26. The van der Waals surface area contributed by atoms with Gasteiger partial charge in [0.2, 0.25) is 5.16 Å². The molecule has 1 heterocycles. The minimum absolute atomic E-state index is 0.141. The van der Waals surface area contributed by atoms with Crippen molar-refractivity contribution in [1.82, 2.24) is 20.2 Å². The van der Waals surface area contributed by atoms with Gasteiger partial charge in [-0.05, 0) is 47.7 Å². The SMILES string of the molecule is CCOc1ccccc1-n1nnnc1SCC(=O)c1cc(F)ccc1F. The minimum Gasteiger partial charge on any atom is -0.492 e. The number of hydrogen-bond donors (Lipinski definition) is 0. The predicted molar refractivity (Wildman–Crippen MR) is 91.7 cm³/mol. The van der Waals surface area contributed by atoms with Crippen LogP contribution in [0.1, 0.15) is 17.3 Å². The van der Waals surface area contributed by atoms with Gasteiger partial charge in [0, 0.05) is 0 Å². The Labute approximate surface area is 152 Å². The fourth-order valence-corrected chi connectivity index (χ4v) is 3.02. The van der Waals surface area contributed by atoms with E-state index in [0.29, 0.717) is 23.2 Å². The number of para-hydroxylation sites is 2. The van der Waals surface area contributed by atoms with Crippen LogP contribution < -0.4 is 4.74 Å². The quantitative estimate of drug-likeness (QED) is 0.465. The molecule has 3 aromatic rings. The number of ether oxygens (including phenoxy) is 1. The second-order valence-corrected chi connectivity index (χ2v) is 6.05. The first kappa shape index (κ1) is 18.0. The van der Waals surface area contributed by atoms with Gasteiger partial charge in [-0.3, -0.25) is 4.79 Å². The monoisotopic (exact) mass is 376 g/mol. The molecular formula is C17H14F2N4O2S. The van der Waals surface area contributed by atoms with Crippen LogP contribution in [0.4, 0.5) is 8.78 Å². The van der Waals surface area contributed by atoms with Gasteiger partial charge in [-0.1, -0.05) is 23.9 Å². The molecule has 9 heteroatoms. The number of ketones is 1. The van der Waals surface area contributed by atoms with Crippen LogP contribution in [0.15, 0.2) is 47.6 Å². The number of halogens is 2. The van der Waals surface area contributed by atoms with E-state index in [0.717, 1.165) is 30.0 Å². The smallest absolute Gasteiger partial charge is 0.214 e. The normalized spacial score (nSPS) is 10.7. The van der Waals surface area contributed by atoms with Crippen LogP contribution in [0.3, 0.4) is 0 Å². The molecule has 0 aliphatic heterocycles. The lowest BCUT2D eigenvalue weighted by Gasteiger charge is -2.10. The average Bonchev–Trinajstić information content (AvgIpc) is 3.11. The summed E-state index contributed by atoms with van der Waals surface area (Å²) < 4.78 is 33.9. The standard InChI is InChI=1S/C17H14F2N4O2S/c1-2-25-16-6-4-3-5-14(16)23-17(20-21-22-23)26-10-15(24)12-9-11(18)7-8-13(12)19/h3-9H,2,10H2,1H3. The summed E-state index contributed by atoms with van der Waals surface area (Å²) >= 11 is 1.03. The molecule has 0 radical (unpaired) electrons. The van der Waals surface area contributed by atoms with Crippen LogP contribution in [-0.4, -0.2) is 38.4 Å². The Kier molecular flexibility index (Phi) is 5.57. The number of aromatic nitrogens is 4. The first-order valence-corrected chi connectivity index (χ1v) is 8.70. The summed E-state index contributed by atoms with van der Waals surface area (Å²) in [5.74, 6) is -1.54. The van der Waals surface area contributed by atoms with Gasteiger partial charge in [0.15, 0.2) is 5.78 Å². The van der Waals surface area contributed by atoms with Crippen LogP contribution in [0.2, 0.25) is 0 Å². The molecule has 26 heavy (non-hydrogen) atoms. The van der Waals surface area contributed by atoms with Crippen LogP contribution in [-0.2, 0) is 0 Å². The maximum atomic E-state index is 13.7. The summed E-state index contributed by atoms with van der Waals surface area (Å²) in [5.41, 5.74) is 0.317. The van der Waals surface area contributed by atoms with E-state index < -0.39 is 17.4 Å². The van der Waals surface area contributed by atoms with Crippen molar-refractivity contribution in [2.45, 2.75) is 12.1 Å². The molecule has 0 saturated heterocycles. The Hall–Kier alpha value is -2.81. The molecule has 0 aliphatic rings. The lowest BCUT2D eigenvalue weighted by molar-refractivity contribution is 0.101. The molecule has 0 saturated carbocycles. The van der Waals surface area contributed by atoms with E-state index in [1.54, 1.807) is 18.2 Å². The number of hydrogen-bond acceptors (Lipinski definition) is 6. The van der Waals surface area contributed by atoms with Crippen molar-refractivity contribution < 1.29 is 18.3 Å². The Bertz CT molecular complexity index is 933. The van der Waals surface area contributed by atoms with Crippen molar-refractivity contribution in [3.63, 3.8) is 0 Å². The van der Waals surface area contributed by atoms with Crippen molar-refractivity contribution in [2.75, 3.05) is 12.4 Å². The lowest BCUT2D eigenvalue weighted by atomic mass is 10.1. The van der Waals surface area contributed by atoms with Crippen LogP contribution in [0.25, 0.3) is 5.69 Å². The molecule has 0 bridgehead atoms. The molecule has 134 valence electrons. The third-order valence-electron chi connectivity index (χ3n) is 3.40. The van der Waals surface area contributed by atoms with E-state index in [2.05, 4.69) is 15.5 Å². The first-order valence-electron chi connectivity index (χ1n) is 7.71. The van der Waals surface area contributed by atoms with Crippen molar-refractivity contribution in [1.29, 1.82) is 0 Å². The van der Waals surface area contributed by atoms with E-state index in [4.69, 9.17) is 4.74 Å². The maximum absolute atomic E-state index is 13.7. The third-order valence-corrected chi connectivity index (χ3v) is 4.31. The topological polar surface area (TPSA) is 69.9 Å². The Balaban J connectivity index is 1.80. The van der Waals surface area contributed by atoms with E-state index in [1.807, 2.05) is 13.0 Å². The average molecular weight is 376 g/mol. The fraction of sp³-hybridized carbons (Fsp3) is 0.176. The van der Waals surface area contributed by atoms with Gasteiger partial charge in [0.25, 0.3) is 0 Å². The predicted octanol–water partition coefficient (Wildman–Crippen LogP) is 3.31. The summed E-state index contributed by atoms with van der Waals surface area (Å²) in [4.78, 5) is 12.2. The van der Waals surface area contributed by atoms with Gasteiger partial charge < -0.3 is 4.74 Å². The molecule has 1 aromatic heterocycles. The largest absolute Gasteiger partial charge is 0.492 e. The zero-order chi connectivity index (χ0) is 18.5. The molecule has 0 N–H and O–H groups in total. The number of tetrazole rings is 1. The van der Waals surface area contributed by atoms with E-state index in [1.165, 1.54) is 4.68 Å². The number of carbonyl (C=O) groups excluding carboxylic acids is 1. The van der Waals surface area contributed by atoms with Gasteiger partial charge in [0.05, 0.1) is 17.9 Å². The van der Waals surface area contributed by atoms with Gasteiger partial charge in [0.1, 0.15) is 23.1 Å². The van der Waals surface area contributed by atoms with Crippen molar-refractivity contribution in [3.8, 4) is 11.4 Å². The molecule has 0 amide bonds. The molecule has 0 aliphatic carbocycles. The van der Waals surface area contributed by atoms with Gasteiger partial charge in [-0.25, -0.2) is 8.78 Å². The molecule has 0 unspecified atom stereocenters. The highest BCUT2D eigenvalue weighted by Gasteiger charge is 2.17. The number of thioether (sulfide) groups is 1.